The highest BCUT2D eigenvalue weighted by Crippen LogP contribution is 2.26. The summed E-state index contributed by atoms with van der Waals surface area (Å²) in [5, 5.41) is 10.5. The van der Waals surface area contributed by atoms with E-state index in [2.05, 4.69) is 35.8 Å². The number of rotatable bonds is 5. The summed E-state index contributed by atoms with van der Waals surface area (Å²) in [7, 11) is 1.66. The van der Waals surface area contributed by atoms with Gasteiger partial charge >= 0.3 is 0 Å². The van der Waals surface area contributed by atoms with E-state index in [-0.39, 0.29) is 6.29 Å². The maximum atomic E-state index is 5.31. The lowest BCUT2D eigenvalue weighted by molar-refractivity contribution is 0.177. The van der Waals surface area contributed by atoms with E-state index in [1.54, 1.807) is 26.0 Å². The Hall–Kier alpha value is -3.83. The number of benzene rings is 1. The number of amidine groups is 1. The molecule has 33 heavy (non-hydrogen) atoms. The molecule has 11 nitrogen and oxygen atoms in total. The molecule has 2 aliphatic heterocycles. The van der Waals surface area contributed by atoms with Gasteiger partial charge in [-0.1, -0.05) is 0 Å². The molecule has 1 fully saturated rings. The molecule has 4 aromatic rings. The van der Waals surface area contributed by atoms with E-state index in [1.165, 1.54) is 0 Å². The number of nitrogens with zero attached hydrogens (tertiary/aromatic N) is 5. The lowest BCUT2D eigenvalue weighted by Crippen LogP contribution is -2.60. The minimum absolute atomic E-state index is 0.0966. The first-order chi connectivity index (χ1) is 16.3. The number of aliphatic imine (C=N–C) groups is 1. The zero-order valence-corrected chi connectivity index (χ0v) is 18.2. The average molecular weight is 448 g/mol. The quantitative estimate of drug-likeness (QED) is 0.363. The molecule has 4 N–H and O–H groups in total. The van der Waals surface area contributed by atoms with Crippen molar-refractivity contribution in [1.82, 2.24) is 35.1 Å². The number of hydrogen-bond donors (Lipinski definition) is 4. The fourth-order valence-corrected chi connectivity index (χ4v) is 4.25. The number of imidazole rings is 2. The zero-order chi connectivity index (χ0) is 22.2. The van der Waals surface area contributed by atoms with Crippen molar-refractivity contribution in [2.75, 3.05) is 38.6 Å². The molecule has 3 aromatic heterocycles. The van der Waals surface area contributed by atoms with Crippen molar-refractivity contribution in [3.8, 4) is 11.4 Å². The standard InChI is InChI=1S/C22H25N9O2/c1-32-15-2-3-16-17(10-15)27-18(26-16)11-24-20-19-21(31(13-25-19)14-4-9-33-12-14)29-22(28-20)30-7-5-23-6-8-30/h2-4,9-10,12-13,22-23,29H,5-8,11H2,1H3,(H,24,28)(H,26,27). The number of ether oxygens (including phenoxy) is 1. The fourth-order valence-electron chi connectivity index (χ4n) is 4.25. The summed E-state index contributed by atoms with van der Waals surface area (Å²) in [5.41, 5.74) is 3.47. The topological polar surface area (TPSA) is 121 Å². The van der Waals surface area contributed by atoms with Crippen LogP contribution in [0.25, 0.3) is 16.7 Å². The molecular weight excluding hydrogens is 422 g/mol. The van der Waals surface area contributed by atoms with Crippen LogP contribution >= 0.6 is 0 Å². The summed E-state index contributed by atoms with van der Waals surface area (Å²) >= 11 is 0. The van der Waals surface area contributed by atoms with E-state index in [1.807, 2.05) is 28.8 Å². The molecule has 1 saturated heterocycles. The van der Waals surface area contributed by atoms with Crippen LogP contribution in [-0.2, 0) is 6.54 Å². The predicted octanol–water partition coefficient (Wildman–Crippen LogP) is 1.50. The highest BCUT2D eigenvalue weighted by Gasteiger charge is 2.31. The van der Waals surface area contributed by atoms with Crippen molar-refractivity contribution in [2.45, 2.75) is 12.8 Å². The van der Waals surface area contributed by atoms with Gasteiger partial charge < -0.3 is 30.1 Å². The Morgan fingerprint density at radius 2 is 2.12 bits per heavy atom. The van der Waals surface area contributed by atoms with Crippen molar-refractivity contribution < 1.29 is 9.15 Å². The number of aromatic amines is 1. The van der Waals surface area contributed by atoms with E-state index in [0.29, 0.717) is 6.54 Å². The molecule has 1 atom stereocenters. The Morgan fingerprint density at radius 1 is 1.21 bits per heavy atom. The molecule has 0 amide bonds. The fraction of sp³-hybridized carbons (Fsp3) is 0.318. The van der Waals surface area contributed by atoms with Crippen LogP contribution in [0.3, 0.4) is 0 Å². The minimum Gasteiger partial charge on any atom is -0.497 e. The van der Waals surface area contributed by atoms with E-state index in [9.17, 15) is 0 Å². The maximum absolute atomic E-state index is 5.31. The largest absolute Gasteiger partial charge is 0.497 e. The molecule has 1 aromatic carbocycles. The van der Waals surface area contributed by atoms with Crippen molar-refractivity contribution in [1.29, 1.82) is 0 Å². The number of anilines is 1. The van der Waals surface area contributed by atoms with Crippen LogP contribution in [0.5, 0.6) is 5.75 Å². The Morgan fingerprint density at radius 3 is 2.94 bits per heavy atom. The van der Waals surface area contributed by atoms with Gasteiger partial charge in [-0.3, -0.25) is 14.5 Å². The Kier molecular flexibility index (Phi) is 4.96. The van der Waals surface area contributed by atoms with E-state index < -0.39 is 0 Å². The number of nitrogens with one attached hydrogen (secondary N) is 4. The SMILES string of the molecule is COc1ccc2nc(CN=C3NC(N4CCNCC4)Nc4c3ncn4-c3ccoc3)[nH]c2c1. The Labute approximate surface area is 189 Å². The van der Waals surface area contributed by atoms with E-state index in [0.717, 1.165) is 71.8 Å². The molecule has 0 aliphatic carbocycles. The molecule has 11 heteroatoms. The van der Waals surface area contributed by atoms with Crippen molar-refractivity contribution in [3.05, 3.63) is 54.6 Å². The first-order valence-electron chi connectivity index (χ1n) is 10.9. The summed E-state index contributed by atoms with van der Waals surface area (Å²) in [6, 6.07) is 7.69. The monoisotopic (exact) mass is 447 g/mol. The molecule has 5 heterocycles. The van der Waals surface area contributed by atoms with Crippen LogP contribution in [-0.4, -0.2) is 69.8 Å². The van der Waals surface area contributed by atoms with Gasteiger partial charge in [-0.05, 0) is 12.1 Å². The highest BCUT2D eigenvalue weighted by atomic mass is 16.5. The second-order valence-corrected chi connectivity index (χ2v) is 8.00. The minimum atomic E-state index is -0.0966. The summed E-state index contributed by atoms with van der Waals surface area (Å²) in [6.07, 6.45) is 5.04. The molecule has 1 unspecified atom stereocenters. The maximum Gasteiger partial charge on any atom is 0.157 e. The summed E-state index contributed by atoms with van der Waals surface area (Å²) in [5.74, 6) is 3.18. The van der Waals surface area contributed by atoms with Gasteiger partial charge in [-0.15, -0.1) is 0 Å². The number of furan rings is 1. The molecular formula is C22H25N9O2. The molecule has 0 bridgehead atoms. The molecule has 6 rings (SSSR count). The second kappa shape index (κ2) is 8.26. The molecule has 0 saturated carbocycles. The van der Waals surface area contributed by atoms with Gasteiger partial charge in [0.05, 0.1) is 36.6 Å². The predicted molar refractivity (Wildman–Crippen MR) is 124 cm³/mol. The highest BCUT2D eigenvalue weighted by molar-refractivity contribution is 6.03. The van der Waals surface area contributed by atoms with Crippen LogP contribution in [0.1, 0.15) is 11.5 Å². The number of aromatic nitrogens is 4. The molecule has 0 radical (unpaired) electrons. The summed E-state index contributed by atoms with van der Waals surface area (Å²) in [4.78, 5) is 19.9. The Bertz CT molecular complexity index is 1280. The van der Waals surface area contributed by atoms with Gasteiger partial charge in [0.2, 0.25) is 0 Å². The summed E-state index contributed by atoms with van der Waals surface area (Å²) < 4.78 is 12.6. The van der Waals surface area contributed by atoms with Gasteiger partial charge in [-0.2, -0.15) is 0 Å². The van der Waals surface area contributed by atoms with Gasteiger partial charge in [0.15, 0.2) is 12.1 Å². The van der Waals surface area contributed by atoms with Crippen molar-refractivity contribution in [3.63, 3.8) is 0 Å². The van der Waals surface area contributed by atoms with Crippen LogP contribution in [0.2, 0.25) is 0 Å². The zero-order valence-electron chi connectivity index (χ0n) is 18.2. The third kappa shape index (κ3) is 3.70. The number of methoxy groups -OCH3 is 1. The van der Waals surface area contributed by atoms with Crippen LogP contribution in [0, 0.1) is 0 Å². The number of H-pyrrole nitrogens is 1. The first-order valence-corrected chi connectivity index (χ1v) is 10.9. The third-order valence-corrected chi connectivity index (χ3v) is 5.96. The van der Waals surface area contributed by atoms with Crippen LogP contribution in [0.15, 0.2) is 52.5 Å². The van der Waals surface area contributed by atoms with Crippen molar-refractivity contribution >= 4 is 22.7 Å². The molecule has 0 spiro atoms. The molecule has 2 aliphatic rings. The van der Waals surface area contributed by atoms with Crippen molar-refractivity contribution in [2.24, 2.45) is 4.99 Å². The van der Waals surface area contributed by atoms with Crippen LogP contribution in [0.4, 0.5) is 5.82 Å². The number of hydrogen-bond acceptors (Lipinski definition) is 8. The molecule has 170 valence electrons. The van der Waals surface area contributed by atoms with Crippen LogP contribution < -0.4 is 20.7 Å². The first kappa shape index (κ1) is 19.8. The average Bonchev–Trinajstić information content (AvgIpc) is 3.61. The van der Waals surface area contributed by atoms with Gasteiger partial charge in [0.1, 0.15) is 35.7 Å². The van der Waals surface area contributed by atoms with Gasteiger partial charge in [-0.25, -0.2) is 9.97 Å². The lowest BCUT2D eigenvalue weighted by atomic mass is 10.3. The van der Waals surface area contributed by atoms with E-state index >= 15 is 0 Å². The van der Waals surface area contributed by atoms with E-state index in [4.69, 9.17) is 14.1 Å². The number of fused-ring (bicyclic) bond motifs is 2. The van der Waals surface area contributed by atoms with Gasteiger partial charge in [0.25, 0.3) is 0 Å². The Balaban J connectivity index is 1.33. The number of piperazine rings is 1. The lowest BCUT2D eigenvalue weighted by Gasteiger charge is -2.38. The normalized spacial score (nSPS) is 19.9. The van der Waals surface area contributed by atoms with Gasteiger partial charge in [0, 0.05) is 38.3 Å². The smallest absolute Gasteiger partial charge is 0.157 e. The third-order valence-electron chi connectivity index (χ3n) is 5.96. The second-order valence-electron chi connectivity index (χ2n) is 8.00. The summed E-state index contributed by atoms with van der Waals surface area (Å²) in [6.45, 7) is 4.15.